The minimum absolute atomic E-state index is 0.112. The number of halogens is 3. The first-order valence-corrected chi connectivity index (χ1v) is 3.96. The number of esters is 1. The molecule has 0 amide bonds. The number of carbonyl (C=O) groups is 1. The van der Waals surface area contributed by atoms with Gasteiger partial charge >= 0.3 is 5.97 Å². The highest BCUT2D eigenvalue weighted by Gasteiger charge is 2.21. The highest BCUT2D eigenvalue weighted by molar-refractivity contribution is 6.67. The average Bonchev–Trinajstić information content (AvgIpc) is 1.83. The number of hydrogen-bond donors (Lipinski definition) is 1. The molecule has 0 saturated heterocycles. The second-order valence-electron chi connectivity index (χ2n) is 1.81. The molecule has 11 heavy (non-hydrogen) atoms. The van der Waals surface area contributed by atoms with Crippen LogP contribution < -0.4 is 5.32 Å². The van der Waals surface area contributed by atoms with Gasteiger partial charge in [0.05, 0.1) is 6.54 Å². The van der Waals surface area contributed by atoms with Crippen LogP contribution in [-0.4, -0.2) is 30.0 Å². The maximum absolute atomic E-state index is 10.6. The monoisotopic (exact) mass is 219 g/mol. The Morgan fingerprint density at radius 2 is 2.09 bits per heavy atom. The van der Waals surface area contributed by atoms with Crippen molar-refractivity contribution in [1.82, 2.24) is 5.32 Å². The third-order valence-corrected chi connectivity index (χ3v) is 1.05. The van der Waals surface area contributed by atoms with Gasteiger partial charge in [0.25, 0.3) is 0 Å². The molecule has 1 N–H and O–H groups in total. The minimum Gasteiger partial charge on any atom is -0.460 e. The molecule has 3 nitrogen and oxygen atoms in total. The summed E-state index contributed by atoms with van der Waals surface area (Å²) in [5.41, 5.74) is 0. The van der Waals surface area contributed by atoms with Crippen LogP contribution >= 0.6 is 34.8 Å². The third-order valence-electron chi connectivity index (χ3n) is 0.718. The van der Waals surface area contributed by atoms with Crippen LogP contribution in [0.25, 0.3) is 0 Å². The number of hydrogen-bond acceptors (Lipinski definition) is 3. The summed E-state index contributed by atoms with van der Waals surface area (Å²) < 4.78 is 3.03. The Kier molecular flexibility index (Phi) is 5.17. The van der Waals surface area contributed by atoms with Crippen LogP contribution in [0.3, 0.4) is 0 Å². The lowest BCUT2D eigenvalue weighted by molar-refractivity contribution is -0.142. The number of alkyl halides is 3. The van der Waals surface area contributed by atoms with Crippen LogP contribution in [0.5, 0.6) is 0 Å². The van der Waals surface area contributed by atoms with Gasteiger partial charge in [-0.2, -0.15) is 0 Å². The van der Waals surface area contributed by atoms with Gasteiger partial charge in [0.2, 0.25) is 3.79 Å². The van der Waals surface area contributed by atoms with Gasteiger partial charge < -0.3 is 10.1 Å². The number of carbonyl (C=O) groups excluding carboxylic acids is 1. The molecule has 0 aliphatic carbocycles. The molecule has 0 aromatic heterocycles. The molecule has 0 unspecified atom stereocenters. The molecule has 0 heterocycles. The van der Waals surface area contributed by atoms with E-state index >= 15 is 0 Å². The Morgan fingerprint density at radius 1 is 1.55 bits per heavy atom. The van der Waals surface area contributed by atoms with E-state index in [1.807, 2.05) is 0 Å². The third kappa shape index (κ3) is 8.20. The topological polar surface area (TPSA) is 38.3 Å². The molecule has 0 aliphatic rings. The second kappa shape index (κ2) is 5.04. The van der Waals surface area contributed by atoms with Crippen LogP contribution in [0, 0.1) is 0 Å². The normalized spacial score (nSPS) is 11.3. The van der Waals surface area contributed by atoms with E-state index in [1.165, 1.54) is 0 Å². The molecular weight excluding hydrogens is 212 g/mol. The van der Waals surface area contributed by atoms with Crippen molar-refractivity contribution >= 4 is 40.8 Å². The highest BCUT2D eigenvalue weighted by atomic mass is 35.6. The maximum Gasteiger partial charge on any atom is 0.320 e. The largest absolute Gasteiger partial charge is 0.460 e. The molecule has 0 radical (unpaired) electrons. The van der Waals surface area contributed by atoms with Gasteiger partial charge in [0.1, 0.15) is 6.61 Å². The highest BCUT2D eigenvalue weighted by Crippen LogP contribution is 2.25. The maximum atomic E-state index is 10.6. The number of nitrogens with one attached hydrogen (secondary N) is 1. The van der Waals surface area contributed by atoms with Gasteiger partial charge in [0.15, 0.2) is 0 Å². The summed E-state index contributed by atoms with van der Waals surface area (Å²) in [6, 6.07) is 0. The lowest BCUT2D eigenvalue weighted by Crippen LogP contribution is -2.25. The average molecular weight is 220 g/mol. The Bertz CT molecular complexity index is 134. The lowest BCUT2D eigenvalue weighted by atomic mass is 10.6. The van der Waals surface area contributed by atoms with E-state index < -0.39 is 9.76 Å². The van der Waals surface area contributed by atoms with Crippen LogP contribution in [0.2, 0.25) is 0 Å². The Balaban J connectivity index is 3.46. The standard InChI is InChI=1S/C5H8Cl3NO2/c1-9-2-4(10)11-3-5(6,7)8/h9H,2-3H2,1H3. The zero-order valence-electron chi connectivity index (χ0n) is 5.86. The van der Waals surface area contributed by atoms with Gasteiger partial charge in [-0.15, -0.1) is 0 Å². The van der Waals surface area contributed by atoms with Crippen molar-refractivity contribution in [2.24, 2.45) is 0 Å². The summed E-state index contributed by atoms with van der Waals surface area (Å²) in [6.45, 7) is -0.112. The summed E-state index contributed by atoms with van der Waals surface area (Å²) in [4.78, 5) is 10.6. The van der Waals surface area contributed by atoms with E-state index in [4.69, 9.17) is 34.8 Å². The van der Waals surface area contributed by atoms with Crippen molar-refractivity contribution in [3.05, 3.63) is 0 Å². The van der Waals surface area contributed by atoms with Crippen LogP contribution in [0.4, 0.5) is 0 Å². The van der Waals surface area contributed by atoms with Crippen LogP contribution in [0.1, 0.15) is 0 Å². The molecule has 0 spiro atoms. The fourth-order valence-electron chi connectivity index (χ4n) is 0.358. The summed E-state index contributed by atoms with van der Waals surface area (Å²) in [5, 5.41) is 2.60. The summed E-state index contributed by atoms with van der Waals surface area (Å²) in [6.07, 6.45) is 0. The van der Waals surface area contributed by atoms with Gasteiger partial charge in [-0.25, -0.2) is 0 Å². The van der Waals surface area contributed by atoms with Crippen molar-refractivity contribution in [3.8, 4) is 0 Å². The van der Waals surface area contributed by atoms with Crippen LogP contribution in [-0.2, 0) is 9.53 Å². The van der Waals surface area contributed by atoms with E-state index in [0.717, 1.165) is 0 Å². The molecule has 66 valence electrons. The molecule has 0 aliphatic heterocycles. The molecule has 6 heteroatoms. The first-order valence-electron chi connectivity index (χ1n) is 2.82. The molecular formula is C5H8Cl3NO2. The first-order chi connectivity index (χ1) is 4.95. The summed E-state index contributed by atoms with van der Waals surface area (Å²) >= 11 is 15.9. The quantitative estimate of drug-likeness (QED) is 0.572. The predicted molar refractivity (Wildman–Crippen MR) is 45.2 cm³/mol. The lowest BCUT2D eigenvalue weighted by Gasteiger charge is -2.10. The minimum atomic E-state index is -1.52. The van der Waals surface area contributed by atoms with Gasteiger partial charge in [0, 0.05) is 0 Å². The molecule has 0 fully saturated rings. The Hall–Kier alpha value is 0.300. The predicted octanol–water partition coefficient (Wildman–Crippen LogP) is 1.12. The van der Waals surface area contributed by atoms with Crippen molar-refractivity contribution in [2.75, 3.05) is 20.2 Å². The molecule has 0 rings (SSSR count). The summed E-state index contributed by atoms with van der Waals surface area (Å²) in [5.74, 6) is -0.446. The van der Waals surface area contributed by atoms with Gasteiger partial charge in [-0.3, -0.25) is 4.79 Å². The van der Waals surface area contributed by atoms with Crippen LogP contribution in [0.15, 0.2) is 0 Å². The number of likely N-dealkylation sites (N-methyl/N-ethyl adjacent to an activating group) is 1. The smallest absolute Gasteiger partial charge is 0.320 e. The molecule has 0 aromatic carbocycles. The number of ether oxygens (including phenoxy) is 1. The Morgan fingerprint density at radius 3 is 2.45 bits per heavy atom. The van der Waals surface area contributed by atoms with E-state index in [0.29, 0.717) is 0 Å². The number of rotatable bonds is 3. The zero-order chi connectivity index (χ0) is 8.91. The fourth-order valence-corrected chi connectivity index (χ4v) is 0.521. The van der Waals surface area contributed by atoms with Crippen molar-refractivity contribution in [1.29, 1.82) is 0 Å². The summed E-state index contributed by atoms with van der Waals surface area (Å²) in [7, 11) is 1.62. The van der Waals surface area contributed by atoms with E-state index in [-0.39, 0.29) is 13.2 Å². The van der Waals surface area contributed by atoms with Crippen molar-refractivity contribution in [3.63, 3.8) is 0 Å². The Labute approximate surface area is 79.9 Å². The van der Waals surface area contributed by atoms with E-state index in [2.05, 4.69) is 10.1 Å². The van der Waals surface area contributed by atoms with Crippen molar-refractivity contribution in [2.45, 2.75) is 3.79 Å². The molecule has 0 atom stereocenters. The molecule has 0 aromatic rings. The first kappa shape index (κ1) is 11.3. The zero-order valence-corrected chi connectivity index (χ0v) is 8.13. The molecule has 0 bridgehead atoms. The second-order valence-corrected chi connectivity index (χ2v) is 4.32. The fraction of sp³-hybridized carbons (Fsp3) is 0.800. The van der Waals surface area contributed by atoms with Crippen molar-refractivity contribution < 1.29 is 9.53 Å². The van der Waals surface area contributed by atoms with E-state index in [9.17, 15) is 4.79 Å². The SMILES string of the molecule is CNCC(=O)OCC(Cl)(Cl)Cl. The van der Waals surface area contributed by atoms with E-state index in [1.54, 1.807) is 7.05 Å². The van der Waals surface area contributed by atoms with Gasteiger partial charge in [-0.05, 0) is 7.05 Å². The van der Waals surface area contributed by atoms with Gasteiger partial charge in [-0.1, -0.05) is 34.8 Å². The molecule has 0 saturated carbocycles.